The molecule has 0 amide bonds. The van der Waals surface area contributed by atoms with Crippen LogP contribution in [0.25, 0.3) is 83.4 Å². The average molecular weight is 879 g/mol. The Bertz CT molecular complexity index is 4100. The van der Waals surface area contributed by atoms with E-state index in [1.807, 2.05) is 89.6 Å². The molecule has 0 bridgehead atoms. The molecule has 5 nitrogen and oxygen atoms in total. The Morgan fingerprint density at radius 3 is 1.91 bits per heavy atom. The zero-order valence-corrected chi connectivity index (χ0v) is 38.1. The van der Waals surface area contributed by atoms with Gasteiger partial charge in [-0.2, -0.15) is 0 Å². The molecule has 0 saturated carbocycles. The van der Waals surface area contributed by atoms with E-state index in [9.17, 15) is 5.48 Å². The van der Waals surface area contributed by atoms with Crippen molar-refractivity contribution in [3.63, 3.8) is 0 Å². The van der Waals surface area contributed by atoms with Crippen molar-refractivity contribution in [3.05, 3.63) is 224 Å². The summed E-state index contributed by atoms with van der Waals surface area (Å²) in [4.78, 5) is 4.86. The van der Waals surface area contributed by atoms with Crippen LogP contribution in [0.15, 0.2) is 206 Å². The van der Waals surface area contributed by atoms with E-state index in [1.54, 1.807) is 22.8 Å². The third-order valence-electron chi connectivity index (χ3n) is 12.3. The van der Waals surface area contributed by atoms with E-state index in [4.69, 9.17) is 17.9 Å². The Balaban J connectivity index is 1.17. The van der Waals surface area contributed by atoms with E-state index in [2.05, 4.69) is 94.9 Å². The smallest absolute Gasteiger partial charge is 0.269 e. The largest absolute Gasteiger partial charge is 0.458 e. The highest BCUT2D eigenvalue weighted by atomic mass is 16.5. The van der Waals surface area contributed by atoms with Crippen LogP contribution in [0.1, 0.15) is 66.4 Å². The van der Waals surface area contributed by atoms with Crippen molar-refractivity contribution in [2.75, 3.05) is 0 Å². The minimum atomic E-state index is -0.572. The topological polar surface area (TPSA) is 35.9 Å². The quantitative estimate of drug-likeness (QED) is 0.113. The molecule has 5 heteroatoms. The van der Waals surface area contributed by atoms with Gasteiger partial charge in [0.2, 0.25) is 0 Å². The van der Waals surface area contributed by atoms with E-state index in [1.165, 1.54) is 0 Å². The van der Waals surface area contributed by atoms with E-state index >= 15 is 0 Å². The summed E-state index contributed by atoms with van der Waals surface area (Å²) >= 11 is 0. The molecule has 0 spiro atoms. The molecule has 0 N–H and O–H groups in total. The first-order valence-corrected chi connectivity index (χ1v) is 22.3. The molecule has 0 atom stereocenters. The monoisotopic (exact) mass is 878 g/mol. The molecule has 0 unspecified atom stereocenters. The molecule has 0 aliphatic heterocycles. The van der Waals surface area contributed by atoms with Crippen molar-refractivity contribution < 1.29 is 23.0 Å². The van der Waals surface area contributed by atoms with Gasteiger partial charge in [0.05, 0.1) is 47.1 Å². The van der Waals surface area contributed by atoms with Gasteiger partial charge in [0, 0.05) is 23.0 Å². The molecule has 67 heavy (non-hydrogen) atoms. The van der Waals surface area contributed by atoms with Gasteiger partial charge >= 0.3 is 0 Å². The Morgan fingerprint density at radius 1 is 0.552 bits per heavy atom. The maximum atomic E-state index is 9.22. The first kappa shape index (κ1) is 31.8. The molecule has 3 aromatic heterocycles. The lowest BCUT2D eigenvalue weighted by molar-refractivity contribution is -0.571. The summed E-state index contributed by atoms with van der Waals surface area (Å²) in [6.07, 6.45) is 5.46. The molecule has 326 valence electrons. The zero-order chi connectivity index (χ0) is 54.6. The van der Waals surface area contributed by atoms with Gasteiger partial charge in [0.15, 0.2) is 0 Å². The number of imidazole rings is 1. The lowest BCUT2D eigenvalue weighted by atomic mass is 9.81. The second-order valence-electron chi connectivity index (χ2n) is 18.7. The fourth-order valence-electron chi connectivity index (χ4n) is 9.14. The van der Waals surface area contributed by atoms with Gasteiger partial charge in [-0.25, -0.2) is 4.98 Å². The van der Waals surface area contributed by atoms with Crippen LogP contribution in [-0.2, 0) is 10.8 Å². The van der Waals surface area contributed by atoms with Crippen LogP contribution in [-0.4, -0.2) is 14.1 Å². The molecular weight excluding hydrogens is 817 g/mol. The number of nitrogens with zero attached hydrogens (tertiary/aromatic N) is 4. The minimum absolute atomic E-state index is 0.103. The number of ether oxygens (including phenoxy) is 1. The molecule has 0 aliphatic rings. The highest BCUT2D eigenvalue weighted by molar-refractivity contribution is 6.09. The van der Waals surface area contributed by atoms with Crippen LogP contribution in [0.4, 0.5) is 0 Å². The summed E-state index contributed by atoms with van der Waals surface area (Å²) in [5.74, 6) is 1.88. The number of pyridine rings is 1. The van der Waals surface area contributed by atoms with Gasteiger partial charge in [0.1, 0.15) is 17.3 Å². The van der Waals surface area contributed by atoms with Crippen molar-refractivity contribution in [1.29, 1.82) is 0 Å². The summed E-state index contributed by atoms with van der Waals surface area (Å²) in [6.45, 7) is 13.0. The van der Waals surface area contributed by atoms with Gasteiger partial charge in [0.25, 0.3) is 6.33 Å². The maximum Gasteiger partial charge on any atom is 0.269 e. The summed E-state index contributed by atoms with van der Waals surface area (Å²) in [6, 6.07) is 39.6. The van der Waals surface area contributed by atoms with Crippen LogP contribution in [0.5, 0.6) is 11.5 Å². The molecule has 0 radical (unpaired) electrons. The fraction of sp³-hybridized carbons (Fsp3) is 0.129. The summed E-state index contributed by atoms with van der Waals surface area (Å²) in [5, 5.41) is 2.12. The van der Waals surface area contributed by atoms with E-state index < -0.39 is 60.4 Å². The lowest BCUT2D eigenvalue weighted by Crippen LogP contribution is -2.31. The van der Waals surface area contributed by atoms with Crippen LogP contribution in [0.3, 0.4) is 0 Å². The predicted octanol–water partition coefficient (Wildman–Crippen LogP) is 15.6. The number of hydrogen-bond acceptors (Lipinski definition) is 2. The predicted molar refractivity (Wildman–Crippen MR) is 276 cm³/mol. The second-order valence-corrected chi connectivity index (χ2v) is 18.7. The third-order valence-corrected chi connectivity index (χ3v) is 12.3. The van der Waals surface area contributed by atoms with Crippen LogP contribution in [0, 0.1) is 6.33 Å². The van der Waals surface area contributed by atoms with E-state index in [0.717, 1.165) is 49.9 Å². The van der Waals surface area contributed by atoms with Crippen molar-refractivity contribution in [3.8, 4) is 62.1 Å². The molecule has 0 saturated heterocycles. The Morgan fingerprint density at radius 2 is 1.18 bits per heavy atom. The number of rotatable bonds is 8. The van der Waals surface area contributed by atoms with E-state index in [0.29, 0.717) is 28.2 Å². The summed E-state index contributed by atoms with van der Waals surface area (Å²) < 4.78 is 101. The van der Waals surface area contributed by atoms with Gasteiger partial charge in [-0.15, -0.1) is 0 Å². The SMILES string of the molecule is [2H]c1c([2H])c([2H])c(-c2cccc(-c3c([2H])c([2H])c([2H])c([2H])c3[2H])c2-[n+]2[c-]n(-c3cccc(Oc4ccc5c6ccccc6n(-c6cc(C(C)(C)C)ccn6)c5c4)c3)c3c(-c4ccccc4C(C)(C)C)cccc32)c([2H])c1[2H]. The van der Waals surface area contributed by atoms with Gasteiger partial charge in [-0.3, -0.25) is 13.7 Å². The van der Waals surface area contributed by atoms with Crippen molar-refractivity contribution in [1.82, 2.24) is 14.1 Å². The molecule has 3 heterocycles. The molecule has 8 aromatic carbocycles. The van der Waals surface area contributed by atoms with Crippen LogP contribution in [0.2, 0.25) is 0 Å². The first-order chi connectivity index (χ1) is 36.6. The lowest BCUT2D eigenvalue weighted by Gasteiger charge is -2.24. The number of aromatic nitrogens is 4. The first-order valence-electron chi connectivity index (χ1n) is 27.3. The van der Waals surface area contributed by atoms with Crippen LogP contribution >= 0.6 is 0 Å². The Labute approximate surface area is 406 Å². The highest BCUT2D eigenvalue weighted by Crippen LogP contribution is 2.41. The number of benzene rings is 8. The molecular formula is C62H52N4O. The second kappa shape index (κ2) is 16.4. The molecule has 11 aromatic rings. The minimum Gasteiger partial charge on any atom is -0.458 e. The third kappa shape index (κ3) is 7.56. The normalized spacial score (nSPS) is 14.1. The number of para-hydroxylation sites is 3. The van der Waals surface area contributed by atoms with E-state index in [-0.39, 0.29) is 38.8 Å². The van der Waals surface area contributed by atoms with Gasteiger partial charge in [-0.05, 0) is 104 Å². The fourth-order valence-corrected chi connectivity index (χ4v) is 9.14. The Kier molecular flexibility index (Phi) is 7.80. The summed E-state index contributed by atoms with van der Waals surface area (Å²) in [5.41, 5.74) is 7.53. The highest BCUT2D eigenvalue weighted by Gasteiger charge is 2.25. The maximum absolute atomic E-state index is 9.22. The van der Waals surface area contributed by atoms with Crippen molar-refractivity contribution in [2.45, 2.75) is 52.4 Å². The molecule has 11 rings (SSSR count). The van der Waals surface area contributed by atoms with Gasteiger partial charge < -0.3 is 4.74 Å². The summed E-state index contributed by atoms with van der Waals surface area (Å²) in [7, 11) is 0. The van der Waals surface area contributed by atoms with Crippen molar-refractivity contribution >= 4 is 32.8 Å². The molecule has 0 fully saturated rings. The van der Waals surface area contributed by atoms with Crippen LogP contribution < -0.4 is 9.30 Å². The average Bonchev–Trinajstić information content (AvgIpc) is 3.98. The number of hydrogen-bond donors (Lipinski definition) is 0. The van der Waals surface area contributed by atoms with Gasteiger partial charge in [-0.1, -0.05) is 187 Å². The molecule has 0 aliphatic carbocycles. The van der Waals surface area contributed by atoms with Crippen molar-refractivity contribution in [2.24, 2.45) is 0 Å². The standard InChI is InChI=1S/C62H52N4O/c1-61(2,3)44-36-37-63-58(38-44)66-55-32-16-14-27-51(55)52-35-34-47(40-57(52)66)67-46-25-17-24-45(39-46)64-41-65(56-33-19-30-53(60(56)64)50-26-13-15-31-54(50)62(4,5)6)59-48(42-20-9-7-10-21-42)28-18-29-49(59)43-22-11-8-12-23-43/h7-40H,1-6H3/i7D,8D,9D,10D,11D,12D,20D,21D,22D,23D. The number of fused-ring (bicyclic) bond motifs is 4. The Hall–Kier alpha value is -8.02. The zero-order valence-electron chi connectivity index (χ0n) is 48.1.